The van der Waals surface area contributed by atoms with Crippen molar-refractivity contribution in [3.05, 3.63) is 158 Å². The molecule has 0 N–H and O–H groups in total. The van der Waals surface area contributed by atoms with Gasteiger partial charge in [-0.2, -0.15) is 0 Å². The maximum Gasteiger partial charge on any atom is 0.135 e. The van der Waals surface area contributed by atoms with Gasteiger partial charge in [0, 0.05) is 43.7 Å². The number of fused-ring (bicyclic) bond motifs is 9. The summed E-state index contributed by atoms with van der Waals surface area (Å²) in [6.45, 7) is 4.00. The van der Waals surface area contributed by atoms with Crippen molar-refractivity contribution in [1.82, 2.24) is 9.13 Å². The molecule has 3 nitrogen and oxygen atoms in total. The van der Waals surface area contributed by atoms with Gasteiger partial charge in [0.2, 0.25) is 0 Å². The summed E-state index contributed by atoms with van der Waals surface area (Å²) in [4.78, 5) is 0. The summed E-state index contributed by atoms with van der Waals surface area (Å²) in [5.74, 6) is 0. The third kappa shape index (κ3) is 4.13. The predicted molar refractivity (Wildman–Crippen MR) is 199 cm³/mol. The molecule has 0 aliphatic carbocycles. The summed E-state index contributed by atoms with van der Waals surface area (Å²) in [6, 6.07) is 56.5. The number of aromatic nitrogens is 2. The van der Waals surface area contributed by atoms with Crippen LogP contribution in [0.1, 0.15) is 13.8 Å². The molecule has 0 radical (unpaired) electrons. The zero-order chi connectivity index (χ0) is 31.5. The number of rotatable bonds is 3. The van der Waals surface area contributed by atoms with Crippen LogP contribution < -0.4 is 0 Å². The Hall–Kier alpha value is -6.06. The van der Waals surface area contributed by atoms with Gasteiger partial charge in [0.25, 0.3) is 0 Å². The highest BCUT2D eigenvalue weighted by Crippen LogP contribution is 2.39. The molecule has 0 saturated carbocycles. The minimum atomic E-state index is 0.896. The van der Waals surface area contributed by atoms with Crippen molar-refractivity contribution in [2.75, 3.05) is 0 Å². The van der Waals surface area contributed by atoms with Crippen LogP contribution in [0.2, 0.25) is 0 Å². The molecule has 0 unspecified atom stereocenters. The van der Waals surface area contributed by atoms with Crippen molar-refractivity contribution in [2.45, 2.75) is 13.8 Å². The standard InChI is InChI=1S/C42H26N2O.C2H6/c1-2-10-29(11-3-1)43-39-17-9-6-14-33(39)34-24-27(18-21-40(34)43)28-19-22-41-35(25-28)36-26-30(20-23-42(36)45-41)44-37-15-7-4-12-31(37)32-13-5-8-16-38(32)44;1-2/h1-26H;1-2H3. The average molecular weight is 605 g/mol. The molecule has 224 valence electrons. The number of furan rings is 1. The highest BCUT2D eigenvalue weighted by molar-refractivity contribution is 6.12. The Bertz CT molecular complexity index is 2710. The quantitative estimate of drug-likeness (QED) is 0.197. The lowest BCUT2D eigenvalue weighted by Gasteiger charge is -2.08. The van der Waals surface area contributed by atoms with Crippen molar-refractivity contribution < 1.29 is 4.42 Å². The van der Waals surface area contributed by atoms with Crippen LogP contribution in [0.4, 0.5) is 0 Å². The molecule has 0 amide bonds. The Morgan fingerprint density at radius 3 is 1.43 bits per heavy atom. The average Bonchev–Trinajstić information content (AvgIpc) is 3.79. The SMILES string of the molecule is CC.c1ccc(-n2c3ccccc3c3cc(-c4ccc5oc6ccc(-n7c8ccccc8c8ccccc87)cc6c5c4)ccc32)cc1. The minimum absolute atomic E-state index is 0.896. The van der Waals surface area contributed by atoms with Crippen LogP contribution in [0.15, 0.2) is 162 Å². The van der Waals surface area contributed by atoms with E-state index in [-0.39, 0.29) is 0 Å². The van der Waals surface area contributed by atoms with Gasteiger partial charge < -0.3 is 13.6 Å². The molecule has 0 fully saturated rings. The summed E-state index contributed by atoms with van der Waals surface area (Å²) in [7, 11) is 0. The van der Waals surface area contributed by atoms with Crippen LogP contribution in [0, 0.1) is 0 Å². The molecule has 3 heteroatoms. The molecule has 0 atom stereocenters. The van der Waals surface area contributed by atoms with E-state index in [0.717, 1.165) is 27.6 Å². The molecule has 0 saturated heterocycles. The number of para-hydroxylation sites is 4. The lowest BCUT2D eigenvalue weighted by molar-refractivity contribution is 0.669. The van der Waals surface area contributed by atoms with Gasteiger partial charge >= 0.3 is 0 Å². The van der Waals surface area contributed by atoms with E-state index in [1.165, 1.54) is 60.4 Å². The monoisotopic (exact) mass is 604 g/mol. The number of nitrogens with zero attached hydrogens (tertiary/aromatic N) is 2. The highest BCUT2D eigenvalue weighted by Gasteiger charge is 2.16. The van der Waals surface area contributed by atoms with Crippen LogP contribution >= 0.6 is 0 Å². The molecule has 3 heterocycles. The van der Waals surface area contributed by atoms with Crippen LogP contribution in [0.25, 0.3) is 88.1 Å². The highest BCUT2D eigenvalue weighted by atomic mass is 16.3. The third-order valence-electron chi connectivity index (χ3n) is 9.31. The van der Waals surface area contributed by atoms with Crippen LogP contribution in [0.3, 0.4) is 0 Å². The first-order valence-corrected chi connectivity index (χ1v) is 16.4. The van der Waals surface area contributed by atoms with Gasteiger partial charge in [-0.15, -0.1) is 0 Å². The van der Waals surface area contributed by atoms with E-state index in [0.29, 0.717) is 0 Å². The zero-order valence-corrected chi connectivity index (χ0v) is 26.3. The molecular weight excluding hydrogens is 572 g/mol. The maximum absolute atomic E-state index is 6.36. The lowest BCUT2D eigenvalue weighted by atomic mass is 10.0. The fourth-order valence-electron chi connectivity index (χ4n) is 7.29. The predicted octanol–water partition coefficient (Wildman–Crippen LogP) is 12.5. The molecule has 3 aromatic heterocycles. The van der Waals surface area contributed by atoms with E-state index in [2.05, 4.69) is 167 Å². The van der Waals surface area contributed by atoms with Crippen LogP contribution in [0.5, 0.6) is 0 Å². The fraction of sp³-hybridized carbons (Fsp3) is 0.0455. The van der Waals surface area contributed by atoms with Gasteiger partial charge in [0.1, 0.15) is 11.2 Å². The van der Waals surface area contributed by atoms with Gasteiger partial charge in [0.05, 0.1) is 22.1 Å². The molecule has 0 bridgehead atoms. The summed E-state index contributed by atoms with van der Waals surface area (Å²) in [6.07, 6.45) is 0. The van der Waals surface area contributed by atoms with E-state index in [9.17, 15) is 0 Å². The fourth-order valence-corrected chi connectivity index (χ4v) is 7.29. The molecule has 10 rings (SSSR count). The summed E-state index contributed by atoms with van der Waals surface area (Å²) in [5.41, 5.74) is 11.3. The van der Waals surface area contributed by atoms with E-state index >= 15 is 0 Å². The molecule has 47 heavy (non-hydrogen) atoms. The van der Waals surface area contributed by atoms with Gasteiger partial charge in [-0.3, -0.25) is 0 Å². The number of hydrogen-bond donors (Lipinski definition) is 0. The van der Waals surface area contributed by atoms with Crippen LogP contribution in [-0.4, -0.2) is 9.13 Å². The Morgan fingerprint density at radius 2 is 0.787 bits per heavy atom. The third-order valence-corrected chi connectivity index (χ3v) is 9.31. The van der Waals surface area contributed by atoms with E-state index in [1.807, 2.05) is 13.8 Å². The molecular formula is C44H32N2O. The Kier molecular flexibility index (Phi) is 6.26. The van der Waals surface area contributed by atoms with Crippen molar-refractivity contribution in [3.8, 4) is 22.5 Å². The van der Waals surface area contributed by atoms with Gasteiger partial charge in [-0.05, 0) is 83.9 Å². The van der Waals surface area contributed by atoms with Crippen molar-refractivity contribution in [3.63, 3.8) is 0 Å². The summed E-state index contributed by atoms with van der Waals surface area (Å²) < 4.78 is 11.1. The van der Waals surface area contributed by atoms with Crippen molar-refractivity contribution in [1.29, 1.82) is 0 Å². The summed E-state index contributed by atoms with van der Waals surface area (Å²) >= 11 is 0. The van der Waals surface area contributed by atoms with Crippen molar-refractivity contribution >= 4 is 65.6 Å². The second-order valence-corrected chi connectivity index (χ2v) is 11.8. The van der Waals surface area contributed by atoms with Gasteiger partial charge in [0.15, 0.2) is 0 Å². The topological polar surface area (TPSA) is 23.0 Å². The van der Waals surface area contributed by atoms with Crippen molar-refractivity contribution in [2.24, 2.45) is 0 Å². The molecule has 0 aliphatic rings. The molecule has 0 spiro atoms. The van der Waals surface area contributed by atoms with Crippen LogP contribution in [-0.2, 0) is 0 Å². The smallest absolute Gasteiger partial charge is 0.135 e. The van der Waals surface area contributed by atoms with E-state index < -0.39 is 0 Å². The number of benzene rings is 7. The second-order valence-electron chi connectivity index (χ2n) is 11.8. The number of hydrogen-bond acceptors (Lipinski definition) is 1. The first kappa shape index (κ1) is 27.3. The lowest BCUT2D eigenvalue weighted by Crippen LogP contribution is -1.93. The van der Waals surface area contributed by atoms with Gasteiger partial charge in [-0.1, -0.05) is 98.8 Å². The molecule has 0 aliphatic heterocycles. The largest absolute Gasteiger partial charge is 0.456 e. The zero-order valence-electron chi connectivity index (χ0n) is 26.3. The maximum atomic E-state index is 6.36. The van der Waals surface area contributed by atoms with E-state index in [4.69, 9.17) is 4.42 Å². The Balaban J connectivity index is 0.00000149. The molecule has 7 aromatic carbocycles. The first-order chi connectivity index (χ1) is 23.3. The van der Waals surface area contributed by atoms with E-state index in [1.54, 1.807) is 0 Å². The second kappa shape index (κ2) is 10.8. The van der Waals surface area contributed by atoms with Gasteiger partial charge in [-0.25, -0.2) is 0 Å². The Morgan fingerprint density at radius 1 is 0.340 bits per heavy atom. The first-order valence-electron chi connectivity index (χ1n) is 16.4. The minimum Gasteiger partial charge on any atom is -0.456 e. The summed E-state index contributed by atoms with van der Waals surface area (Å²) in [5, 5.41) is 7.26. The normalized spacial score (nSPS) is 11.6. The Labute approximate surface area is 272 Å². The molecule has 10 aromatic rings.